The van der Waals surface area contributed by atoms with Gasteiger partial charge in [-0.15, -0.1) is 0 Å². The van der Waals surface area contributed by atoms with Crippen molar-refractivity contribution < 1.29 is 13.2 Å². The summed E-state index contributed by atoms with van der Waals surface area (Å²) in [5.74, 6) is -0.0729. The van der Waals surface area contributed by atoms with Crippen LogP contribution in [0.4, 0.5) is 11.4 Å². The molecule has 1 N–H and O–H groups in total. The summed E-state index contributed by atoms with van der Waals surface area (Å²) in [5, 5.41) is 2.94. The van der Waals surface area contributed by atoms with Gasteiger partial charge in [0.2, 0.25) is 15.9 Å². The van der Waals surface area contributed by atoms with Gasteiger partial charge in [-0.25, -0.2) is 8.42 Å². The molecule has 0 aliphatic carbocycles. The molecule has 0 bridgehead atoms. The first kappa shape index (κ1) is 22.3. The normalized spacial score (nSPS) is 16.1. The molecule has 2 aromatic rings. The van der Waals surface area contributed by atoms with Gasteiger partial charge in [0.25, 0.3) is 0 Å². The van der Waals surface area contributed by atoms with Crippen LogP contribution in [0.2, 0.25) is 0 Å². The van der Waals surface area contributed by atoms with E-state index < -0.39 is 10.0 Å². The average molecular weight is 430 g/mol. The predicted octanol–water partition coefficient (Wildman–Crippen LogP) is 4.06. The van der Waals surface area contributed by atoms with E-state index in [1.807, 2.05) is 56.3 Å². The van der Waals surface area contributed by atoms with Crippen molar-refractivity contribution in [3.05, 3.63) is 54.1 Å². The smallest absolute Gasteiger partial charge is 0.243 e. The first-order valence-corrected chi connectivity index (χ1v) is 11.9. The molecule has 0 radical (unpaired) electrons. The number of nitrogens with one attached hydrogen (secondary N) is 1. The molecule has 0 saturated carbocycles. The Morgan fingerprint density at radius 1 is 1.07 bits per heavy atom. The summed E-state index contributed by atoms with van der Waals surface area (Å²) in [6, 6.07) is 14.9. The van der Waals surface area contributed by atoms with Crippen molar-refractivity contribution in [2.45, 2.75) is 43.4 Å². The third-order valence-electron chi connectivity index (χ3n) is 5.54. The number of rotatable bonds is 7. The number of carbonyl (C=O) groups is 1. The third-order valence-corrected chi connectivity index (χ3v) is 7.43. The lowest BCUT2D eigenvalue weighted by Crippen LogP contribution is -2.35. The van der Waals surface area contributed by atoms with E-state index in [0.29, 0.717) is 25.2 Å². The van der Waals surface area contributed by atoms with Crippen LogP contribution >= 0.6 is 0 Å². The Morgan fingerprint density at radius 3 is 2.37 bits per heavy atom. The van der Waals surface area contributed by atoms with E-state index in [1.165, 1.54) is 0 Å². The average Bonchev–Trinajstić information content (AvgIpc) is 2.74. The molecule has 0 spiro atoms. The molecule has 1 fully saturated rings. The topological polar surface area (TPSA) is 69.7 Å². The molecule has 1 aliphatic rings. The van der Waals surface area contributed by atoms with Crippen molar-refractivity contribution in [1.82, 2.24) is 4.31 Å². The molecule has 1 unspecified atom stereocenters. The summed E-state index contributed by atoms with van der Waals surface area (Å²) in [6.45, 7) is 3.11. The van der Waals surface area contributed by atoms with Gasteiger partial charge in [0.15, 0.2) is 0 Å². The minimum Gasteiger partial charge on any atom is -0.376 e. The monoisotopic (exact) mass is 429 g/mol. The Balaban J connectivity index is 1.82. The minimum atomic E-state index is -3.57. The van der Waals surface area contributed by atoms with Crippen LogP contribution in [-0.2, 0) is 14.8 Å². The number of sulfonamides is 1. The molecule has 162 valence electrons. The maximum Gasteiger partial charge on any atom is 0.243 e. The number of nitrogens with zero attached hydrogens (tertiary/aromatic N) is 2. The Bertz CT molecular complexity index is 968. The summed E-state index contributed by atoms with van der Waals surface area (Å²) in [4.78, 5) is 14.8. The highest BCUT2D eigenvalue weighted by Crippen LogP contribution is 2.30. The highest BCUT2D eigenvalue weighted by Gasteiger charge is 2.27. The van der Waals surface area contributed by atoms with Crippen molar-refractivity contribution in [2.75, 3.05) is 37.4 Å². The summed E-state index contributed by atoms with van der Waals surface area (Å²) < 4.78 is 27.7. The minimum absolute atomic E-state index is 0.0641. The van der Waals surface area contributed by atoms with Crippen molar-refractivity contribution >= 4 is 27.3 Å². The zero-order chi connectivity index (χ0) is 21.7. The predicted molar refractivity (Wildman–Crippen MR) is 121 cm³/mol. The fourth-order valence-corrected chi connectivity index (χ4v) is 5.34. The van der Waals surface area contributed by atoms with E-state index in [-0.39, 0.29) is 16.7 Å². The van der Waals surface area contributed by atoms with Gasteiger partial charge in [-0.05, 0) is 42.5 Å². The molecule has 1 heterocycles. The zero-order valence-electron chi connectivity index (χ0n) is 18.0. The van der Waals surface area contributed by atoms with Crippen LogP contribution in [0.25, 0.3) is 0 Å². The largest absolute Gasteiger partial charge is 0.376 e. The molecule has 2 aromatic carbocycles. The van der Waals surface area contributed by atoms with Gasteiger partial charge in [0.05, 0.1) is 16.3 Å². The van der Waals surface area contributed by atoms with Crippen LogP contribution in [0, 0.1) is 0 Å². The number of hydrogen-bond acceptors (Lipinski definition) is 4. The molecule has 1 atom stereocenters. The molecular formula is C23H31N3O3S. The number of hydrogen-bond donors (Lipinski definition) is 1. The SMILES string of the molecule is CC(CC(=O)Nc1cc(S(=O)(=O)N2CCCCC2)ccc1N(C)C)c1ccccc1. The Labute approximate surface area is 179 Å². The van der Waals surface area contributed by atoms with Crippen LogP contribution in [0.3, 0.4) is 0 Å². The lowest BCUT2D eigenvalue weighted by atomic mass is 9.97. The van der Waals surface area contributed by atoms with Gasteiger partial charge >= 0.3 is 0 Å². The quantitative estimate of drug-likeness (QED) is 0.721. The second-order valence-electron chi connectivity index (χ2n) is 8.10. The van der Waals surface area contributed by atoms with Gasteiger partial charge in [0.1, 0.15) is 0 Å². The van der Waals surface area contributed by atoms with Crippen molar-refractivity contribution in [3.8, 4) is 0 Å². The number of benzene rings is 2. The number of carbonyl (C=O) groups excluding carboxylic acids is 1. The van der Waals surface area contributed by atoms with Crippen molar-refractivity contribution in [3.63, 3.8) is 0 Å². The summed E-state index contributed by atoms with van der Waals surface area (Å²) in [7, 11) is 0.178. The first-order valence-electron chi connectivity index (χ1n) is 10.5. The molecule has 1 amide bonds. The highest BCUT2D eigenvalue weighted by molar-refractivity contribution is 7.89. The standard InChI is InChI=1S/C23H31N3O3S/c1-18(19-10-6-4-7-11-19)16-23(27)24-21-17-20(12-13-22(21)25(2)3)30(28,29)26-14-8-5-9-15-26/h4,6-7,10-13,17-18H,5,8-9,14-16H2,1-3H3,(H,24,27). The zero-order valence-corrected chi connectivity index (χ0v) is 18.8. The van der Waals surface area contributed by atoms with E-state index >= 15 is 0 Å². The van der Waals surface area contributed by atoms with Crippen LogP contribution in [-0.4, -0.2) is 45.8 Å². The lowest BCUT2D eigenvalue weighted by molar-refractivity contribution is -0.116. The van der Waals surface area contributed by atoms with E-state index in [0.717, 1.165) is 30.5 Å². The lowest BCUT2D eigenvalue weighted by Gasteiger charge is -2.27. The molecule has 7 heteroatoms. The molecule has 6 nitrogen and oxygen atoms in total. The molecule has 1 aliphatic heterocycles. The van der Waals surface area contributed by atoms with Gasteiger partial charge in [-0.1, -0.05) is 43.7 Å². The van der Waals surface area contributed by atoms with Crippen LogP contribution in [0.5, 0.6) is 0 Å². The van der Waals surface area contributed by atoms with Crippen molar-refractivity contribution in [1.29, 1.82) is 0 Å². The molecule has 0 aromatic heterocycles. The second-order valence-corrected chi connectivity index (χ2v) is 10.0. The maximum absolute atomic E-state index is 13.1. The van der Waals surface area contributed by atoms with E-state index in [9.17, 15) is 13.2 Å². The fourth-order valence-electron chi connectivity index (χ4n) is 3.80. The summed E-state index contributed by atoms with van der Waals surface area (Å²) in [5.41, 5.74) is 2.39. The Kier molecular flexibility index (Phi) is 7.15. The first-order chi connectivity index (χ1) is 14.3. The number of piperidine rings is 1. The maximum atomic E-state index is 13.1. The van der Waals surface area contributed by atoms with Gasteiger partial charge in [-0.3, -0.25) is 4.79 Å². The number of amides is 1. The summed E-state index contributed by atoms with van der Waals surface area (Å²) >= 11 is 0. The third kappa shape index (κ3) is 5.21. The molecule has 1 saturated heterocycles. The van der Waals surface area contributed by atoms with E-state index in [4.69, 9.17) is 0 Å². The Morgan fingerprint density at radius 2 is 1.73 bits per heavy atom. The van der Waals surface area contributed by atoms with Gasteiger partial charge in [0, 0.05) is 33.6 Å². The molecule has 30 heavy (non-hydrogen) atoms. The summed E-state index contributed by atoms with van der Waals surface area (Å²) in [6.07, 6.45) is 3.15. The Hall–Kier alpha value is -2.38. The molecule has 3 rings (SSSR count). The highest BCUT2D eigenvalue weighted by atomic mass is 32.2. The molecular weight excluding hydrogens is 398 g/mol. The second kappa shape index (κ2) is 9.62. The van der Waals surface area contributed by atoms with Crippen molar-refractivity contribution in [2.24, 2.45) is 0 Å². The van der Waals surface area contributed by atoms with Crippen LogP contribution < -0.4 is 10.2 Å². The van der Waals surface area contributed by atoms with E-state index in [2.05, 4.69) is 5.32 Å². The van der Waals surface area contributed by atoms with Crippen LogP contribution in [0.1, 0.15) is 44.1 Å². The van der Waals surface area contributed by atoms with Gasteiger partial charge in [-0.2, -0.15) is 4.31 Å². The van der Waals surface area contributed by atoms with Gasteiger partial charge < -0.3 is 10.2 Å². The van der Waals surface area contributed by atoms with Crippen LogP contribution in [0.15, 0.2) is 53.4 Å². The number of anilines is 2. The fraction of sp³-hybridized carbons (Fsp3) is 0.435. The van der Waals surface area contributed by atoms with E-state index in [1.54, 1.807) is 22.5 Å².